The van der Waals surface area contributed by atoms with Crippen molar-refractivity contribution in [1.82, 2.24) is 4.90 Å². The van der Waals surface area contributed by atoms with Gasteiger partial charge in [-0.3, -0.25) is 9.69 Å². The summed E-state index contributed by atoms with van der Waals surface area (Å²) in [6, 6.07) is 3.77. The molecule has 2 aliphatic heterocycles. The van der Waals surface area contributed by atoms with E-state index < -0.39 is 6.10 Å². The molecule has 2 heterocycles. The Morgan fingerprint density at radius 2 is 1.85 bits per heavy atom. The van der Waals surface area contributed by atoms with E-state index in [0.717, 1.165) is 11.1 Å². The van der Waals surface area contributed by atoms with Crippen molar-refractivity contribution in [2.45, 2.75) is 25.0 Å². The van der Waals surface area contributed by atoms with Crippen molar-refractivity contribution < 1.29 is 19.4 Å². The van der Waals surface area contributed by atoms with Crippen LogP contribution in [0.2, 0.25) is 0 Å². The van der Waals surface area contributed by atoms with E-state index in [1.165, 1.54) is 0 Å². The van der Waals surface area contributed by atoms with Crippen LogP contribution in [0.1, 0.15) is 36.1 Å². The van der Waals surface area contributed by atoms with Gasteiger partial charge in [-0.25, -0.2) is 0 Å². The van der Waals surface area contributed by atoms with Crippen LogP contribution in [0.15, 0.2) is 12.1 Å². The highest BCUT2D eigenvalue weighted by molar-refractivity contribution is 5.80. The molecule has 0 spiro atoms. The Bertz CT molecular complexity index is 543. The minimum absolute atomic E-state index is 0.0504. The van der Waals surface area contributed by atoms with Gasteiger partial charge in [-0.1, -0.05) is 0 Å². The summed E-state index contributed by atoms with van der Waals surface area (Å²) in [5.74, 6) is 1.53. The van der Waals surface area contributed by atoms with Crippen LogP contribution in [-0.4, -0.2) is 43.1 Å². The van der Waals surface area contributed by atoms with Gasteiger partial charge in [0, 0.05) is 32.0 Å². The van der Waals surface area contributed by atoms with Crippen molar-refractivity contribution in [3.8, 4) is 11.5 Å². The van der Waals surface area contributed by atoms with Crippen molar-refractivity contribution in [1.29, 1.82) is 0 Å². The Balaban J connectivity index is 2.08. The molecule has 0 amide bonds. The van der Waals surface area contributed by atoms with Crippen LogP contribution in [0.3, 0.4) is 0 Å². The highest BCUT2D eigenvalue weighted by Gasteiger charge is 2.37. The fourth-order valence-electron chi connectivity index (χ4n) is 3.20. The second-order valence-electron chi connectivity index (χ2n) is 5.36. The molecule has 1 saturated heterocycles. The molecule has 5 heteroatoms. The molecule has 2 aliphatic rings. The number of piperidine rings is 1. The van der Waals surface area contributed by atoms with Gasteiger partial charge < -0.3 is 14.6 Å². The minimum Gasteiger partial charge on any atom is -0.493 e. The molecule has 0 aromatic heterocycles. The molecule has 1 N–H and O–H groups in total. The fraction of sp³-hybridized carbons (Fsp3) is 0.533. The van der Waals surface area contributed by atoms with Gasteiger partial charge in [0.15, 0.2) is 11.5 Å². The highest BCUT2D eigenvalue weighted by Crippen LogP contribution is 2.43. The zero-order chi connectivity index (χ0) is 14.3. The number of aliphatic hydroxyl groups excluding tert-OH is 1. The number of carbonyl (C=O) groups excluding carboxylic acids is 1. The first-order valence-corrected chi connectivity index (χ1v) is 6.83. The molecule has 20 heavy (non-hydrogen) atoms. The number of Topliss-reactive ketones (excluding diaryl/α,β-unsaturated/α-hetero) is 1. The molecule has 1 fully saturated rings. The van der Waals surface area contributed by atoms with E-state index in [9.17, 15) is 9.90 Å². The number of methoxy groups -OCH3 is 2. The van der Waals surface area contributed by atoms with Crippen LogP contribution in [-0.2, 0) is 4.79 Å². The maximum absolute atomic E-state index is 11.7. The lowest BCUT2D eigenvalue weighted by Crippen LogP contribution is -2.43. The summed E-state index contributed by atoms with van der Waals surface area (Å²) >= 11 is 0. The molecule has 0 bridgehead atoms. The highest BCUT2D eigenvalue weighted by atomic mass is 16.5. The maximum Gasteiger partial charge on any atom is 0.161 e. The quantitative estimate of drug-likeness (QED) is 0.887. The molecule has 3 rings (SSSR count). The monoisotopic (exact) mass is 277 g/mol. The Morgan fingerprint density at radius 3 is 2.50 bits per heavy atom. The van der Waals surface area contributed by atoms with Gasteiger partial charge >= 0.3 is 0 Å². The van der Waals surface area contributed by atoms with E-state index in [1.807, 2.05) is 12.1 Å². The standard InChI is InChI=1S/C15H19NO4/c1-19-14-6-10-11(7-15(14)20-2)13(18)8-16-4-3-9(17)5-12(10)16/h6-7,12-13,18H,3-5,8H2,1-2H3/t12-,13-/m0/s1. The van der Waals surface area contributed by atoms with Gasteiger partial charge in [0.25, 0.3) is 0 Å². The molecular weight excluding hydrogens is 258 g/mol. The van der Waals surface area contributed by atoms with E-state index in [-0.39, 0.29) is 11.8 Å². The Labute approximate surface area is 118 Å². The summed E-state index contributed by atoms with van der Waals surface area (Å²) in [7, 11) is 3.17. The lowest BCUT2D eigenvalue weighted by molar-refractivity contribution is -0.124. The summed E-state index contributed by atoms with van der Waals surface area (Å²) in [6.07, 6.45) is 0.537. The third-order valence-electron chi connectivity index (χ3n) is 4.25. The number of ether oxygens (including phenoxy) is 2. The number of carbonyl (C=O) groups is 1. The molecule has 0 saturated carbocycles. The first kappa shape index (κ1) is 13.4. The van der Waals surface area contributed by atoms with Crippen LogP contribution in [0.25, 0.3) is 0 Å². The van der Waals surface area contributed by atoms with E-state index in [4.69, 9.17) is 9.47 Å². The smallest absolute Gasteiger partial charge is 0.161 e. The van der Waals surface area contributed by atoms with Gasteiger partial charge in [0.1, 0.15) is 5.78 Å². The predicted octanol–water partition coefficient (Wildman–Crippen LogP) is 1.46. The molecule has 5 nitrogen and oxygen atoms in total. The number of rotatable bonds is 2. The van der Waals surface area contributed by atoms with Gasteiger partial charge in [0.2, 0.25) is 0 Å². The predicted molar refractivity (Wildman–Crippen MR) is 73.1 cm³/mol. The SMILES string of the molecule is COc1cc2c(cc1OC)[C@@H]1CC(=O)CCN1C[C@@H]2O. The van der Waals surface area contributed by atoms with Gasteiger partial charge in [-0.15, -0.1) is 0 Å². The molecular formula is C15H19NO4. The zero-order valence-corrected chi connectivity index (χ0v) is 11.8. The van der Waals surface area contributed by atoms with Crippen LogP contribution < -0.4 is 9.47 Å². The summed E-state index contributed by atoms with van der Waals surface area (Å²) in [6.45, 7) is 1.29. The van der Waals surface area contributed by atoms with Crippen molar-refractivity contribution in [2.75, 3.05) is 27.3 Å². The first-order chi connectivity index (χ1) is 9.63. The van der Waals surface area contributed by atoms with Crippen molar-refractivity contribution in [3.63, 3.8) is 0 Å². The average Bonchev–Trinajstić information content (AvgIpc) is 2.47. The minimum atomic E-state index is -0.547. The fourth-order valence-corrected chi connectivity index (χ4v) is 3.20. The van der Waals surface area contributed by atoms with E-state index in [0.29, 0.717) is 37.4 Å². The molecule has 108 valence electrons. The van der Waals surface area contributed by atoms with Gasteiger partial charge in [0.05, 0.1) is 20.3 Å². The lowest BCUT2D eigenvalue weighted by Gasteiger charge is -2.42. The number of nitrogens with zero attached hydrogens (tertiary/aromatic N) is 1. The molecule has 0 aliphatic carbocycles. The second-order valence-corrected chi connectivity index (χ2v) is 5.36. The zero-order valence-electron chi connectivity index (χ0n) is 11.8. The molecule has 2 atom stereocenters. The van der Waals surface area contributed by atoms with E-state index in [2.05, 4.69) is 4.90 Å². The number of hydrogen-bond donors (Lipinski definition) is 1. The van der Waals surface area contributed by atoms with Gasteiger partial charge in [-0.2, -0.15) is 0 Å². The summed E-state index contributed by atoms with van der Waals surface area (Å²) in [5, 5.41) is 10.3. The Hall–Kier alpha value is -1.59. The van der Waals surface area contributed by atoms with Crippen LogP contribution >= 0.6 is 0 Å². The largest absolute Gasteiger partial charge is 0.493 e. The summed E-state index contributed by atoms with van der Waals surface area (Å²) in [4.78, 5) is 13.9. The topological polar surface area (TPSA) is 59.0 Å². The summed E-state index contributed by atoms with van der Waals surface area (Å²) < 4.78 is 10.6. The molecule has 1 aromatic carbocycles. The lowest BCUT2D eigenvalue weighted by atomic mass is 9.85. The third-order valence-corrected chi connectivity index (χ3v) is 4.25. The van der Waals surface area contributed by atoms with Crippen molar-refractivity contribution in [3.05, 3.63) is 23.3 Å². The number of hydrogen-bond acceptors (Lipinski definition) is 5. The maximum atomic E-state index is 11.7. The normalized spacial score (nSPS) is 25.9. The molecule has 0 unspecified atom stereocenters. The Morgan fingerprint density at radius 1 is 1.20 bits per heavy atom. The summed E-state index contributed by atoms with van der Waals surface area (Å²) in [5.41, 5.74) is 1.83. The first-order valence-electron chi connectivity index (χ1n) is 6.83. The van der Waals surface area contributed by atoms with Crippen LogP contribution in [0, 0.1) is 0 Å². The van der Waals surface area contributed by atoms with Crippen molar-refractivity contribution in [2.24, 2.45) is 0 Å². The van der Waals surface area contributed by atoms with E-state index >= 15 is 0 Å². The number of fused-ring (bicyclic) bond motifs is 3. The Kier molecular flexibility index (Phi) is 3.40. The van der Waals surface area contributed by atoms with E-state index in [1.54, 1.807) is 14.2 Å². The third kappa shape index (κ3) is 2.07. The average molecular weight is 277 g/mol. The van der Waals surface area contributed by atoms with Crippen LogP contribution in [0.5, 0.6) is 11.5 Å². The number of ketones is 1. The van der Waals surface area contributed by atoms with Crippen molar-refractivity contribution >= 4 is 5.78 Å². The van der Waals surface area contributed by atoms with Crippen LogP contribution in [0.4, 0.5) is 0 Å². The van der Waals surface area contributed by atoms with Gasteiger partial charge in [-0.05, 0) is 23.3 Å². The molecule has 1 aromatic rings. The molecule has 0 radical (unpaired) electrons. The second kappa shape index (κ2) is 5.07. The number of benzene rings is 1. The number of aliphatic hydroxyl groups is 1.